The molecule has 0 spiro atoms. The van der Waals surface area contributed by atoms with E-state index in [0.717, 1.165) is 27.9 Å². The molecule has 0 saturated carbocycles. The van der Waals surface area contributed by atoms with Crippen molar-refractivity contribution in [2.75, 3.05) is 0 Å². The largest absolute Gasteiger partial charge is 0.302 e. The molecule has 0 amide bonds. The zero-order valence-electron chi connectivity index (χ0n) is 12.9. The van der Waals surface area contributed by atoms with Crippen LogP contribution in [0.2, 0.25) is 0 Å². The van der Waals surface area contributed by atoms with Crippen molar-refractivity contribution in [1.82, 2.24) is 9.55 Å². The average molecular weight is 310 g/mol. The van der Waals surface area contributed by atoms with Crippen molar-refractivity contribution < 1.29 is 0 Å². The van der Waals surface area contributed by atoms with Crippen molar-refractivity contribution in [3.8, 4) is 22.5 Å². The highest BCUT2D eigenvalue weighted by Gasteiger charge is 2.20. The molecule has 0 aliphatic carbocycles. The van der Waals surface area contributed by atoms with E-state index in [1.807, 2.05) is 24.3 Å². The lowest BCUT2D eigenvalue weighted by atomic mass is 10.0. The van der Waals surface area contributed by atoms with Crippen LogP contribution in [-0.2, 0) is 6.54 Å². The first-order valence-corrected chi connectivity index (χ1v) is 7.99. The van der Waals surface area contributed by atoms with Gasteiger partial charge in [0.25, 0.3) is 5.56 Å². The van der Waals surface area contributed by atoms with Crippen LogP contribution in [-0.4, -0.2) is 9.55 Å². The second kappa shape index (κ2) is 4.90. The molecule has 1 aliphatic rings. The Morgan fingerprint density at radius 1 is 0.833 bits per heavy atom. The zero-order valence-corrected chi connectivity index (χ0v) is 12.9. The number of hydrogen-bond donors (Lipinski definition) is 0. The lowest BCUT2D eigenvalue weighted by Gasteiger charge is -2.06. The third-order valence-electron chi connectivity index (χ3n) is 4.62. The maximum atomic E-state index is 12.0. The molecular weight excluding hydrogens is 296 g/mol. The van der Waals surface area contributed by atoms with Crippen molar-refractivity contribution in [3.05, 3.63) is 88.7 Å². The zero-order chi connectivity index (χ0) is 16.1. The number of rotatable bonds is 1. The summed E-state index contributed by atoms with van der Waals surface area (Å²) in [5.74, 6) is 0. The molecule has 114 valence electrons. The quantitative estimate of drug-likeness (QED) is 0.467. The lowest BCUT2D eigenvalue weighted by molar-refractivity contribution is 0.804. The fourth-order valence-electron chi connectivity index (χ4n) is 3.43. The molecule has 2 aromatic carbocycles. The van der Waals surface area contributed by atoms with Crippen LogP contribution in [0.3, 0.4) is 0 Å². The molecule has 0 bridgehead atoms. The van der Waals surface area contributed by atoms with E-state index < -0.39 is 0 Å². The summed E-state index contributed by atoms with van der Waals surface area (Å²) in [7, 11) is 0. The molecular formula is C21H14N2O. The fourth-order valence-corrected chi connectivity index (χ4v) is 3.43. The second-order valence-corrected chi connectivity index (χ2v) is 6.11. The summed E-state index contributed by atoms with van der Waals surface area (Å²) in [5.41, 5.74) is 6.30. The van der Waals surface area contributed by atoms with Gasteiger partial charge in [-0.2, -0.15) is 0 Å². The van der Waals surface area contributed by atoms with Crippen LogP contribution in [0.5, 0.6) is 0 Å². The van der Waals surface area contributed by atoms with E-state index in [0.29, 0.717) is 6.54 Å². The highest BCUT2D eigenvalue weighted by Crippen LogP contribution is 2.32. The molecule has 2 aromatic heterocycles. The fraction of sp³-hybridized carbons (Fsp3) is 0.0476. The Bertz CT molecular complexity index is 1140. The maximum absolute atomic E-state index is 12.0. The van der Waals surface area contributed by atoms with Crippen molar-refractivity contribution in [3.63, 3.8) is 0 Å². The van der Waals surface area contributed by atoms with Crippen LogP contribution in [0.25, 0.3) is 33.4 Å². The molecule has 4 aromatic rings. The molecule has 3 heteroatoms. The third-order valence-corrected chi connectivity index (χ3v) is 4.62. The SMILES string of the molecule is O=c1cccc2n1Cc1cc3cc(-c4ccccc4)ccc3nc1-2. The van der Waals surface area contributed by atoms with E-state index in [-0.39, 0.29) is 5.56 Å². The summed E-state index contributed by atoms with van der Waals surface area (Å²) in [6.45, 7) is 0.600. The van der Waals surface area contributed by atoms with Gasteiger partial charge >= 0.3 is 0 Å². The van der Waals surface area contributed by atoms with Gasteiger partial charge in [-0.25, -0.2) is 4.98 Å². The van der Waals surface area contributed by atoms with Gasteiger partial charge < -0.3 is 4.57 Å². The highest BCUT2D eigenvalue weighted by atomic mass is 16.1. The maximum Gasteiger partial charge on any atom is 0.251 e. The molecule has 3 heterocycles. The van der Waals surface area contributed by atoms with Gasteiger partial charge in [-0.1, -0.05) is 42.5 Å². The average Bonchev–Trinajstić information content (AvgIpc) is 2.99. The number of aromatic nitrogens is 2. The number of pyridine rings is 2. The summed E-state index contributed by atoms with van der Waals surface area (Å²) < 4.78 is 1.79. The predicted octanol–water partition coefficient (Wildman–Crippen LogP) is 4.09. The Morgan fingerprint density at radius 2 is 1.71 bits per heavy atom. The van der Waals surface area contributed by atoms with Crippen LogP contribution in [0.1, 0.15) is 5.56 Å². The van der Waals surface area contributed by atoms with Crippen molar-refractivity contribution in [2.45, 2.75) is 6.54 Å². The molecule has 0 N–H and O–H groups in total. The number of fused-ring (bicyclic) bond motifs is 4. The molecule has 0 radical (unpaired) electrons. The van der Waals surface area contributed by atoms with Crippen LogP contribution in [0.4, 0.5) is 0 Å². The van der Waals surface area contributed by atoms with E-state index in [9.17, 15) is 4.79 Å². The molecule has 1 aliphatic heterocycles. The van der Waals surface area contributed by atoms with Crippen molar-refractivity contribution >= 4 is 10.9 Å². The minimum absolute atomic E-state index is 0.0273. The minimum Gasteiger partial charge on any atom is -0.302 e. The summed E-state index contributed by atoms with van der Waals surface area (Å²) in [6.07, 6.45) is 0. The molecule has 0 saturated heterocycles. The number of nitrogens with zero attached hydrogens (tertiary/aromatic N) is 2. The first-order valence-electron chi connectivity index (χ1n) is 7.99. The number of benzene rings is 2. The minimum atomic E-state index is 0.0273. The monoisotopic (exact) mass is 310 g/mol. The Balaban J connectivity index is 1.71. The van der Waals surface area contributed by atoms with Gasteiger partial charge in [-0.3, -0.25) is 4.79 Å². The van der Waals surface area contributed by atoms with Gasteiger partial charge in [0, 0.05) is 17.0 Å². The van der Waals surface area contributed by atoms with Gasteiger partial charge in [0.2, 0.25) is 0 Å². The van der Waals surface area contributed by atoms with E-state index in [1.54, 1.807) is 16.7 Å². The van der Waals surface area contributed by atoms with E-state index in [1.165, 1.54) is 11.1 Å². The third kappa shape index (κ3) is 1.91. The number of hydrogen-bond acceptors (Lipinski definition) is 2. The predicted molar refractivity (Wildman–Crippen MR) is 96.0 cm³/mol. The van der Waals surface area contributed by atoms with E-state index in [2.05, 4.69) is 36.4 Å². The summed E-state index contributed by atoms with van der Waals surface area (Å²) in [6, 6.07) is 24.2. The first kappa shape index (κ1) is 13.3. The Hall–Kier alpha value is -3.20. The molecule has 0 unspecified atom stereocenters. The van der Waals surface area contributed by atoms with Gasteiger partial charge in [0.15, 0.2) is 0 Å². The van der Waals surface area contributed by atoms with Gasteiger partial charge in [-0.05, 0) is 35.4 Å². The Kier molecular flexibility index (Phi) is 2.71. The first-order chi connectivity index (χ1) is 11.8. The molecule has 0 fully saturated rings. The topological polar surface area (TPSA) is 34.9 Å². The summed E-state index contributed by atoms with van der Waals surface area (Å²) in [4.78, 5) is 16.9. The van der Waals surface area contributed by atoms with Crippen LogP contribution >= 0.6 is 0 Å². The Labute approximate surface area is 138 Å². The summed E-state index contributed by atoms with van der Waals surface area (Å²) in [5, 5.41) is 1.11. The van der Waals surface area contributed by atoms with Gasteiger partial charge in [0.05, 0.1) is 23.4 Å². The smallest absolute Gasteiger partial charge is 0.251 e. The van der Waals surface area contributed by atoms with Crippen molar-refractivity contribution in [2.24, 2.45) is 0 Å². The van der Waals surface area contributed by atoms with Gasteiger partial charge in [-0.15, -0.1) is 0 Å². The molecule has 24 heavy (non-hydrogen) atoms. The second-order valence-electron chi connectivity index (χ2n) is 6.11. The van der Waals surface area contributed by atoms with Crippen LogP contribution in [0, 0.1) is 0 Å². The van der Waals surface area contributed by atoms with Crippen molar-refractivity contribution in [1.29, 1.82) is 0 Å². The van der Waals surface area contributed by atoms with Crippen LogP contribution < -0.4 is 5.56 Å². The molecule has 0 atom stereocenters. The Morgan fingerprint density at radius 3 is 2.58 bits per heavy atom. The standard InChI is InChI=1S/C21H14N2O/c24-20-8-4-7-19-21-17(13-23(19)20)12-16-11-15(9-10-18(16)22-21)14-5-2-1-3-6-14/h1-12H,13H2. The van der Waals surface area contributed by atoms with Gasteiger partial charge in [0.1, 0.15) is 0 Å². The van der Waals surface area contributed by atoms with E-state index in [4.69, 9.17) is 4.98 Å². The normalized spacial score (nSPS) is 12.2. The molecule has 3 nitrogen and oxygen atoms in total. The summed E-state index contributed by atoms with van der Waals surface area (Å²) >= 11 is 0. The lowest BCUT2D eigenvalue weighted by Crippen LogP contribution is -2.16. The molecule has 5 rings (SSSR count). The van der Waals surface area contributed by atoms with Crippen LogP contribution in [0.15, 0.2) is 77.6 Å². The highest BCUT2D eigenvalue weighted by molar-refractivity contribution is 5.88. The van der Waals surface area contributed by atoms with E-state index >= 15 is 0 Å².